The summed E-state index contributed by atoms with van der Waals surface area (Å²) in [6.45, 7) is 6.16. The summed E-state index contributed by atoms with van der Waals surface area (Å²) in [6.07, 6.45) is 4.53. The van der Waals surface area contributed by atoms with E-state index in [4.69, 9.17) is 5.73 Å². The minimum atomic E-state index is 0.187. The summed E-state index contributed by atoms with van der Waals surface area (Å²) in [5, 5.41) is 0. The largest absolute Gasteiger partial charge is 0.357 e. The third kappa shape index (κ3) is 4.43. The van der Waals surface area contributed by atoms with Gasteiger partial charge in [-0.15, -0.1) is 0 Å². The molecule has 0 unspecified atom stereocenters. The van der Waals surface area contributed by atoms with Crippen LogP contribution in [0.2, 0.25) is 0 Å². The molecule has 0 atom stereocenters. The second-order valence-electron chi connectivity index (χ2n) is 5.59. The highest BCUT2D eigenvalue weighted by Gasteiger charge is 2.23. The Bertz CT molecular complexity index is 429. The lowest BCUT2D eigenvalue weighted by Gasteiger charge is -2.35. The standard InChI is InChI=1S/C16H26N4O/c1-2-19(16(21)6-9-17)13-14-7-11-20(12-8-14)15-5-3-4-10-18-15/h3-5,10,14H,2,6-9,11-13,17H2,1H3. The van der Waals surface area contributed by atoms with E-state index in [1.54, 1.807) is 0 Å². The Morgan fingerprint density at radius 1 is 1.43 bits per heavy atom. The third-order valence-electron chi connectivity index (χ3n) is 4.16. The molecular formula is C16H26N4O. The normalized spacial score (nSPS) is 16.0. The number of amides is 1. The Hall–Kier alpha value is -1.62. The Morgan fingerprint density at radius 3 is 2.76 bits per heavy atom. The molecule has 2 N–H and O–H groups in total. The van der Waals surface area contributed by atoms with E-state index < -0.39 is 0 Å². The van der Waals surface area contributed by atoms with Crippen molar-refractivity contribution < 1.29 is 4.79 Å². The molecule has 0 saturated carbocycles. The van der Waals surface area contributed by atoms with Crippen molar-refractivity contribution in [1.82, 2.24) is 9.88 Å². The van der Waals surface area contributed by atoms with Crippen LogP contribution in [0.15, 0.2) is 24.4 Å². The summed E-state index contributed by atoms with van der Waals surface area (Å²) < 4.78 is 0. The van der Waals surface area contributed by atoms with Gasteiger partial charge in [-0.05, 0) is 37.8 Å². The van der Waals surface area contributed by atoms with Gasteiger partial charge in [-0.2, -0.15) is 0 Å². The first-order chi connectivity index (χ1) is 10.2. The number of hydrogen-bond acceptors (Lipinski definition) is 4. The predicted octanol–water partition coefficient (Wildman–Crippen LogP) is 1.50. The second-order valence-corrected chi connectivity index (χ2v) is 5.59. The van der Waals surface area contributed by atoms with Crippen molar-refractivity contribution in [2.75, 3.05) is 37.6 Å². The van der Waals surface area contributed by atoms with Gasteiger partial charge in [0.1, 0.15) is 5.82 Å². The van der Waals surface area contributed by atoms with Gasteiger partial charge in [-0.25, -0.2) is 4.98 Å². The molecule has 116 valence electrons. The van der Waals surface area contributed by atoms with Gasteiger partial charge in [-0.1, -0.05) is 6.07 Å². The lowest BCUT2D eigenvalue weighted by Crippen LogP contribution is -2.41. The summed E-state index contributed by atoms with van der Waals surface area (Å²) in [5.41, 5.74) is 5.48. The molecule has 5 nitrogen and oxygen atoms in total. The van der Waals surface area contributed by atoms with E-state index in [0.29, 0.717) is 18.9 Å². The van der Waals surface area contributed by atoms with E-state index in [0.717, 1.165) is 44.8 Å². The highest BCUT2D eigenvalue weighted by Crippen LogP contribution is 2.22. The second kappa shape index (κ2) is 7.98. The number of piperidine rings is 1. The van der Waals surface area contributed by atoms with E-state index in [2.05, 4.69) is 16.0 Å². The number of pyridine rings is 1. The van der Waals surface area contributed by atoms with Crippen LogP contribution in [0.4, 0.5) is 5.82 Å². The van der Waals surface area contributed by atoms with Gasteiger partial charge in [0.05, 0.1) is 0 Å². The maximum absolute atomic E-state index is 12.0. The molecule has 2 rings (SSSR count). The van der Waals surface area contributed by atoms with Crippen molar-refractivity contribution in [3.05, 3.63) is 24.4 Å². The van der Waals surface area contributed by atoms with E-state index in [-0.39, 0.29) is 5.91 Å². The van der Waals surface area contributed by atoms with Crippen molar-refractivity contribution in [3.63, 3.8) is 0 Å². The van der Waals surface area contributed by atoms with Crippen LogP contribution in [0.3, 0.4) is 0 Å². The highest BCUT2D eigenvalue weighted by atomic mass is 16.2. The molecule has 0 radical (unpaired) electrons. The smallest absolute Gasteiger partial charge is 0.223 e. The molecule has 0 aliphatic carbocycles. The first-order valence-electron chi connectivity index (χ1n) is 7.88. The molecular weight excluding hydrogens is 264 g/mol. The molecule has 5 heteroatoms. The third-order valence-corrected chi connectivity index (χ3v) is 4.16. The van der Waals surface area contributed by atoms with Crippen LogP contribution in [0.25, 0.3) is 0 Å². The zero-order chi connectivity index (χ0) is 15.1. The first kappa shape index (κ1) is 15.8. The summed E-state index contributed by atoms with van der Waals surface area (Å²) in [5.74, 6) is 1.83. The van der Waals surface area contributed by atoms with Crippen LogP contribution in [0.5, 0.6) is 0 Å². The van der Waals surface area contributed by atoms with Gasteiger partial charge < -0.3 is 15.5 Å². The van der Waals surface area contributed by atoms with Crippen molar-refractivity contribution in [1.29, 1.82) is 0 Å². The van der Waals surface area contributed by atoms with Gasteiger partial charge in [-0.3, -0.25) is 4.79 Å². The molecule has 1 saturated heterocycles. The van der Waals surface area contributed by atoms with Crippen molar-refractivity contribution in [3.8, 4) is 0 Å². The predicted molar refractivity (Wildman–Crippen MR) is 85.1 cm³/mol. The zero-order valence-electron chi connectivity index (χ0n) is 12.9. The van der Waals surface area contributed by atoms with Crippen molar-refractivity contribution >= 4 is 11.7 Å². The van der Waals surface area contributed by atoms with Crippen molar-refractivity contribution in [2.45, 2.75) is 26.2 Å². The average molecular weight is 290 g/mol. The Balaban J connectivity index is 1.82. The van der Waals surface area contributed by atoms with Crippen LogP contribution in [0, 0.1) is 5.92 Å². The van der Waals surface area contributed by atoms with Gasteiger partial charge in [0.25, 0.3) is 0 Å². The lowest BCUT2D eigenvalue weighted by molar-refractivity contribution is -0.131. The summed E-state index contributed by atoms with van der Waals surface area (Å²) in [4.78, 5) is 20.6. The van der Waals surface area contributed by atoms with Crippen LogP contribution in [-0.4, -0.2) is 48.5 Å². The van der Waals surface area contributed by atoms with E-state index in [9.17, 15) is 4.79 Å². The molecule has 0 aromatic carbocycles. The average Bonchev–Trinajstić information content (AvgIpc) is 2.54. The minimum Gasteiger partial charge on any atom is -0.357 e. The topological polar surface area (TPSA) is 62.5 Å². The summed E-state index contributed by atoms with van der Waals surface area (Å²) in [7, 11) is 0. The highest BCUT2D eigenvalue weighted by molar-refractivity contribution is 5.76. The molecule has 1 fully saturated rings. The fourth-order valence-electron chi connectivity index (χ4n) is 2.89. The molecule has 2 heterocycles. The van der Waals surface area contributed by atoms with Crippen LogP contribution in [0.1, 0.15) is 26.2 Å². The number of rotatable bonds is 6. The van der Waals surface area contributed by atoms with Crippen LogP contribution >= 0.6 is 0 Å². The summed E-state index contributed by atoms with van der Waals surface area (Å²) >= 11 is 0. The van der Waals surface area contributed by atoms with E-state index in [1.807, 2.05) is 30.2 Å². The number of nitrogens with zero attached hydrogens (tertiary/aromatic N) is 3. The Kier molecular flexibility index (Phi) is 5.99. The quantitative estimate of drug-likeness (QED) is 0.862. The summed E-state index contributed by atoms with van der Waals surface area (Å²) in [6, 6.07) is 6.03. The maximum Gasteiger partial charge on any atom is 0.223 e. The van der Waals surface area contributed by atoms with E-state index in [1.165, 1.54) is 0 Å². The maximum atomic E-state index is 12.0. The van der Waals surface area contributed by atoms with Gasteiger partial charge >= 0.3 is 0 Å². The Morgan fingerprint density at radius 2 is 2.19 bits per heavy atom. The van der Waals surface area contributed by atoms with Crippen LogP contribution in [-0.2, 0) is 4.79 Å². The number of carbonyl (C=O) groups excluding carboxylic acids is 1. The molecule has 1 aromatic rings. The van der Waals surface area contributed by atoms with Crippen LogP contribution < -0.4 is 10.6 Å². The van der Waals surface area contributed by atoms with Gasteiger partial charge in [0, 0.05) is 45.3 Å². The van der Waals surface area contributed by atoms with Gasteiger partial charge in [0.15, 0.2) is 0 Å². The number of hydrogen-bond donors (Lipinski definition) is 1. The SMILES string of the molecule is CCN(CC1CCN(c2ccccn2)CC1)C(=O)CCN. The molecule has 0 spiro atoms. The molecule has 0 bridgehead atoms. The number of nitrogens with two attached hydrogens (primary N) is 1. The molecule has 21 heavy (non-hydrogen) atoms. The molecule has 1 aliphatic heterocycles. The lowest BCUT2D eigenvalue weighted by atomic mass is 9.96. The van der Waals surface area contributed by atoms with Gasteiger partial charge in [0.2, 0.25) is 5.91 Å². The number of carbonyl (C=O) groups is 1. The Labute approximate surface area is 127 Å². The number of anilines is 1. The molecule has 1 aromatic heterocycles. The first-order valence-corrected chi connectivity index (χ1v) is 7.88. The monoisotopic (exact) mass is 290 g/mol. The fraction of sp³-hybridized carbons (Fsp3) is 0.625. The number of aromatic nitrogens is 1. The fourth-order valence-corrected chi connectivity index (χ4v) is 2.89. The zero-order valence-corrected chi connectivity index (χ0v) is 12.9. The molecule has 1 aliphatic rings. The minimum absolute atomic E-state index is 0.187. The molecule has 1 amide bonds. The van der Waals surface area contributed by atoms with Crippen molar-refractivity contribution in [2.24, 2.45) is 11.7 Å². The van der Waals surface area contributed by atoms with E-state index >= 15 is 0 Å².